The number of carbonyl (C=O) groups is 1. The lowest BCUT2D eigenvalue weighted by atomic mass is 9.76. The quantitative estimate of drug-likeness (QED) is 0.761. The molecular weight excluding hydrogens is 237 g/mol. The van der Waals surface area contributed by atoms with Crippen LogP contribution in [-0.4, -0.2) is 24.0 Å². The summed E-state index contributed by atoms with van der Waals surface area (Å²) in [6.45, 7) is 0. The predicted molar refractivity (Wildman–Crippen MR) is 59.5 cm³/mol. The van der Waals surface area contributed by atoms with E-state index >= 15 is 0 Å². The minimum atomic E-state index is -4.21. The third kappa shape index (κ3) is 3.68. The maximum atomic E-state index is 12.7. The number of ketones is 1. The highest BCUT2D eigenvalue weighted by Gasteiger charge is 2.47. The van der Waals surface area contributed by atoms with Crippen molar-refractivity contribution >= 4 is 17.5 Å². The smallest absolute Gasteiger partial charge is 0.299 e. The normalized spacial score (nSPS) is 26.8. The molecule has 0 aliphatic heterocycles. The minimum absolute atomic E-state index is 0.124. The zero-order valence-electron chi connectivity index (χ0n) is 9.35. The Bertz CT molecular complexity index is 240. The lowest BCUT2D eigenvalue weighted by Crippen LogP contribution is -2.37. The Hall–Kier alpha value is -0.190. The fraction of sp³-hybridized carbons (Fsp3) is 0.909. The van der Waals surface area contributed by atoms with Gasteiger partial charge in [0.15, 0.2) is 0 Å². The maximum absolute atomic E-state index is 12.7. The molecule has 0 aromatic heterocycles. The summed E-state index contributed by atoms with van der Waals surface area (Å²) in [5.41, 5.74) is 0. The molecule has 1 aliphatic carbocycles. The summed E-state index contributed by atoms with van der Waals surface area (Å²) in [6, 6.07) is 0. The average molecular weight is 254 g/mol. The van der Waals surface area contributed by atoms with Gasteiger partial charge in [0.25, 0.3) is 0 Å². The van der Waals surface area contributed by atoms with Gasteiger partial charge in [0.1, 0.15) is 5.78 Å². The van der Waals surface area contributed by atoms with Gasteiger partial charge in [-0.05, 0) is 24.9 Å². The molecule has 0 saturated heterocycles. The summed E-state index contributed by atoms with van der Waals surface area (Å²) in [6.07, 6.45) is -0.191. The van der Waals surface area contributed by atoms with Crippen molar-refractivity contribution in [3.8, 4) is 0 Å². The zero-order valence-corrected chi connectivity index (χ0v) is 10.2. The molecule has 0 aromatic carbocycles. The van der Waals surface area contributed by atoms with Crippen molar-refractivity contribution < 1.29 is 18.0 Å². The Labute approximate surface area is 98.2 Å². The van der Waals surface area contributed by atoms with Crippen LogP contribution >= 0.6 is 11.8 Å². The van der Waals surface area contributed by atoms with Crippen molar-refractivity contribution in [3.63, 3.8) is 0 Å². The van der Waals surface area contributed by atoms with Gasteiger partial charge in [0.05, 0.1) is 5.92 Å². The van der Waals surface area contributed by atoms with Crippen LogP contribution in [0.1, 0.15) is 32.1 Å². The number of Topliss-reactive ketones (excluding diaryl/α,β-unsaturated/α-hetero) is 1. The molecule has 1 rings (SSSR count). The standard InChI is InChI=1S/C11H17F3OS/c1-16-7-6-10(15)8-4-2-3-5-9(8)11(12,13)14/h8-9H,2-7H2,1H3. The molecule has 16 heavy (non-hydrogen) atoms. The lowest BCUT2D eigenvalue weighted by molar-refractivity contribution is -0.197. The van der Waals surface area contributed by atoms with Crippen LogP contribution < -0.4 is 0 Å². The van der Waals surface area contributed by atoms with Crippen LogP contribution in [0.2, 0.25) is 0 Å². The molecule has 0 spiro atoms. The van der Waals surface area contributed by atoms with E-state index in [1.165, 1.54) is 11.8 Å². The summed E-state index contributed by atoms with van der Waals surface area (Å²) < 4.78 is 38.1. The number of hydrogen-bond acceptors (Lipinski definition) is 2. The second kappa shape index (κ2) is 5.94. The van der Waals surface area contributed by atoms with E-state index in [0.29, 0.717) is 18.6 Å². The van der Waals surface area contributed by atoms with Crippen LogP contribution in [0.25, 0.3) is 0 Å². The first kappa shape index (κ1) is 13.9. The Morgan fingerprint density at radius 3 is 2.50 bits per heavy atom. The molecule has 0 amide bonds. The largest absolute Gasteiger partial charge is 0.392 e. The minimum Gasteiger partial charge on any atom is -0.299 e. The SMILES string of the molecule is CSCCC(=O)C1CCCCC1C(F)(F)F. The summed E-state index contributed by atoms with van der Waals surface area (Å²) in [7, 11) is 0. The average Bonchev–Trinajstić information content (AvgIpc) is 2.24. The lowest BCUT2D eigenvalue weighted by Gasteiger charge is -2.31. The number of carbonyl (C=O) groups excluding carboxylic acids is 1. The molecule has 1 saturated carbocycles. The van der Waals surface area contributed by atoms with Crippen molar-refractivity contribution in [1.29, 1.82) is 0 Å². The van der Waals surface area contributed by atoms with Crippen LogP contribution in [-0.2, 0) is 4.79 Å². The Balaban J connectivity index is 2.63. The first-order chi connectivity index (χ1) is 7.46. The summed E-state index contributed by atoms with van der Waals surface area (Å²) in [5, 5.41) is 0. The topological polar surface area (TPSA) is 17.1 Å². The third-order valence-corrected chi connectivity index (χ3v) is 3.76. The Morgan fingerprint density at radius 1 is 1.31 bits per heavy atom. The van der Waals surface area contributed by atoms with E-state index < -0.39 is 18.0 Å². The van der Waals surface area contributed by atoms with Crippen molar-refractivity contribution in [2.45, 2.75) is 38.3 Å². The number of halogens is 3. The number of thioether (sulfide) groups is 1. The van der Waals surface area contributed by atoms with Gasteiger partial charge >= 0.3 is 6.18 Å². The van der Waals surface area contributed by atoms with E-state index in [2.05, 4.69) is 0 Å². The van der Waals surface area contributed by atoms with E-state index in [9.17, 15) is 18.0 Å². The summed E-state index contributed by atoms with van der Waals surface area (Å²) >= 11 is 1.50. The summed E-state index contributed by atoms with van der Waals surface area (Å²) in [4.78, 5) is 11.7. The molecular formula is C11H17F3OS. The fourth-order valence-corrected chi connectivity index (χ4v) is 2.70. The molecule has 94 valence electrons. The highest BCUT2D eigenvalue weighted by Crippen LogP contribution is 2.42. The van der Waals surface area contributed by atoms with Gasteiger partial charge in [-0.3, -0.25) is 4.79 Å². The highest BCUT2D eigenvalue weighted by atomic mass is 32.2. The molecule has 2 atom stereocenters. The van der Waals surface area contributed by atoms with Gasteiger partial charge in [-0.1, -0.05) is 12.8 Å². The summed E-state index contributed by atoms with van der Waals surface area (Å²) in [5.74, 6) is -1.74. The molecule has 1 aliphatic rings. The number of hydrogen-bond donors (Lipinski definition) is 0. The molecule has 0 aromatic rings. The molecule has 1 nitrogen and oxygen atoms in total. The van der Waals surface area contributed by atoms with Crippen LogP contribution in [0.15, 0.2) is 0 Å². The number of alkyl halides is 3. The number of rotatable bonds is 4. The van der Waals surface area contributed by atoms with Gasteiger partial charge in [-0.25, -0.2) is 0 Å². The molecule has 2 unspecified atom stereocenters. The van der Waals surface area contributed by atoms with Gasteiger partial charge in [-0.2, -0.15) is 24.9 Å². The van der Waals surface area contributed by atoms with E-state index in [-0.39, 0.29) is 18.6 Å². The highest BCUT2D eigenvalue weighted by molar-refractivity contribution is 7.98. The van der Waals surface area contributed by atoms with Crippen molar-refractivity contribution in [3.05, 3.63) is 0 Å². The molecule has 0 radical (unpaired) electrons. The van der Waals surface area contributed by atoms with Gasteiger partial charge in [0, 0.05) is 12.3 Å². The first-order valence-electron chi connectivity index (χ1n) is 5.55. The molecule has 5 heteroatoms. The molecule has 0 N–H and O–H groups in total. The van der Waals surface area contributed by atoms with Crippen LogP contribution in [0.3, 0.4) is 0 Å². The molecule has 0 bridgehead atoms. The zero-order chi connectivity index (χ0) is 12.2. The van der Waals surface area contributed by atoms with Crippen LogP contribution in [0.5, 0.6) is 0 Å². The monoisotopic (exact) mass is 254 g/mol. The Morgan fingerprint density at radius 2 is 1.94 bits per heavy atom. The van der Waals surface area contributed by atoms with Crippen molar-refractivity contribution in [2.75, 3.05) is 12.0 Å². The van der Waals surface area contributed by atoms with Crippen LogP contribution in [0, 0.1) is 11.8 Å². The van der Waals surface area contributed by atoms with Gasteiger partial charge in [0.2, 0.25) is 0 Å². The van der Waals surface area contributed by atoms with E-state index in [1.807, 2.05) is 6.26 Å². The Kier molecular flexibility index (Phi) is 5.15. The molecule has 1 fully saturated rings. The second-order valence-electron chi connectivity index (χ2n) is 4.25. The molecule has 0 heterocycles. The van der Waals surface area contributed by atoms with Gasteiger partial charge < -0.3 is 0 Å². The van der Waals surface area contributed by atoms with Crippen LogP contribution in [0.4, 0.5) is 13.2 Å². The fourth-order valence-electron chi connectivity index (χ4n) is 2.30. The predicted octanol–water partition coefficient (Wildman–Crippen LogP) is 3.68. The van der Waals surface area contributed by atoms with E-state index in [4.69, 9.17) is 0 Å². The van der Waals surface area contributed by atoms with E-state index in [1.54, 1.807) is 0 Å². The van der Waals surface area contributed by atoms with Crippen molar-refractivity contribution in [1.82, 2.24) is 0 Å². The first-order valence-corrected chi connectivity index (χ1v) is 6.94. The van der Waals surface area contributed by atoms with E-state index in [0.717, 1.165) is 6.42 Å². The van der Waals surface area contributed by atoms with Gasteiger partial charge in [-0.15, -0.1) is 0 Å². The maximum Gasteiger partial charge on any atom is 0.392 e. The second-order valence-corrected chi connectivity index (χ2v) is 5.23. The van der Waals surface area contributed by atoms with Crippen molar-refractivity contribution in [2.24, 2.45) is 11.8 Å². The third-order valence-electron chi connectivity index (χ3n) is 3.15.